The Morgan fingerprint density at radius 1 is 0.319 bits per heavy atom. The Labute approximate surface area is 554 Å². The van der Waals surface area contributed by atoms with Crippen molar-refractivity contribution in [2.75, 3.05) is 9.80 Å². The Bertz CT molecular complexity index is 5710. The first-order valence-electron chi connectivity index (χ1n) is 32.1. The molecule has 0 atom stereocenters. The van der Waals surface area contributed by atoms with Crippen LogP contribution < -0.4 is 15.3 Å². The summed E-state index contributed by atoms with van der Waals surface area (Å²) in [4.78, 5) is 4.69. The highest BCUT2D eigenvalue weighted by Gasteiger charge is 2.38. The van der Waals surface area contributed by atoms with E-state index in [2.05, 4.69) is 296 Å². The number of benzene rings is 14. The lowest BCUT2D eigenvalue weighted by molar-refractivity contribution is 0.426. The molecule has 0 radical (unpaired) electrons. The molecule has 0 bridgehead atoms. The maximum Gasteiger partial charge on any atom is 0.489 e. The van der Waals surface area contributed by atoms with Crippen molar-refractivity contribution in [1.82, 2.24) is 0 Å². The molecule has 2 N–H and O–H groups in total. The Morgan fingerprint density at radius 3 is 1.18 bits per heavy atom. The monoisotopic (exact) mass is 1280 g/mol. The van der Waals surface area contributed by atoms with Crippen molar-refractivity contribution < 1.29 is 18.9 Å². The summed E-state index contributed by atoms with van der Waals surface area (Å²) in [6.45, 7) is 9.26. The molecule has 2 aliphatic carbocycles. The lowest BCUT2D eigenvalue weighted by atomic mass is 9.77. The molecule has 2 heterocycles. The van der Waals surface area contributed by atoms with E-state index >= 15 is 0 Å². The molecule has 0 aliphatic heterocycles. The first-order chi connectivity index (χ1) is 45.9. The van der Waals surface area contributed by atoms with Crippen molar-refractivity contribution in [2.45, 2.75) is 38.5 Å². The summed E-state index contributed by atoms with van der Waals surface area (Å²) < 4.78 is 14.4. The Balaban J connectivity index is 0.000000143. The molecule has 2 aromatic heterocycles. The molecule has 2 aliphatic rings. The van der Waals surface area contributed by atoms with E-state index in [0.717, 1.165) is 82.3 Å². The fraction of sp³-hybridized carbons (Fsp3) is 0.0698. The van der Waals surface area contributed by atoms with Gasteiger partial charge in [0, 0.05) is 59.0 Å². The standard InChI is InChI=1S/C43H32BNO3.C43H30BrNO/c1-43(2)35-19-7-6-14-31(35)34-26-28(24-25-36(34)43)45(38-21-9-16-30-29(15-8-17-32(30)38)27-12-4-3-5-13-27)39-22-10-18-33-41-37(44(46)47)20-11-23-40(41)48-42(33)39;1-43(2)35-19-7-6-14-31(35)34-26-28(24-25-36(34)43)45(39-22-10-18-33-41-37(44)20-11-23-40(41)46-42(33)39)38-21-9-16-30-29(15-8-17-32(30)38)27-12-4-3-5-13-27/h3-26,46-47H,1-2H3;3-26H,1-2H3. The van der Waals surface area contributed by atoms with E-state index in [-0.39, 0.29) is 10.8 Å². The molecular weight excluding hydrogens is 1220 g/mol. The van der Waals surface area contributed by atoms with Crippen LogP contribution in [0.3, 0.4) is 0 Å². The van der Waals surface area contributed by atoms with Gasteiger partial charge in [-0.2, -0.15) is 0 Å². The number of para-hydroxylation sites is 2. The summed E-state index contributed by atoms with van der Waals surface area (Å²) >= 11 is 3.80. The number of anilines is 6. The fourth-order valence-electron chi connectivity index (χ4n) is 15.4. The topological polar surface area (TPSA) is 73.2 Å². The van der Waals surface area contributed by atoms with Gasteiger partial charge >= 0.3 is 7.12 Å². The predicted molar refractivity (Wildman–Crippen MR) is 395 cm³/mol. The van der Waals surface area contributed by atoms with Crippen molar-refractivity contribution in [3.8, 4) is 44.5 Å². The van der Waals surface area contributed by atoms with E-state index in [1.807, 2.05) is 36.4 Å². The van der Waals surface area contributed by atoms with E-state index in [1.165, 1.54) is 72.0 Å². The van der Waals surface area contributed by atoms with E-state index in [9.17, 15) is 10.0 Å². The number of nitrogens with zero attached hydrogens (tertiary/aromatic N) is 2. The summed E-state index contributed by atoms with van der Waals surface area (Å²) in [5, 5.41) is 28.9. The number of furan rings is 2. The van der Waals surface area contributed by atoms with Gasteiger partial charge in [-0.25, -0.2) is 0 Å². The van der Waals surface area contributed by atoms with Crippen molar-refractivity contribution in [3.05, 3.63) is 318 Å². The highest BCUT2D eigenvalue weighted by Crippen LogP contribution is 2.55. The van der Waals surface area contributed by atoms with Gasteiger partial charge < -0.3 is 28.7 Å². The largest absolute Gasteiger partial charge is 0.489 e. The molecule has 0 saturated heterocycles. The quantitative estimate of drug-likeness (QED) is 0.140. The molecule has 0 saturated carbocycles. The third-order valence-corrected chi connectivity index (χ3v) is 20.5. The van der Waals surface area contributed by atoms with Gasteiger partial charge in [0.05, 0.1) is 22.7 Å². The van der Waals surface area contributed by atoms with Crippen molar-refractivity contribution >= 4 is 128 Å². The molecule has 8 heteroatoms. The maximum atomic E-state index is 10.3. The first kappa shape index (κ1) is 57.2. The molecule has 6 nitrogen and oxygen atoms in total. The van der Waals surface area contributed by atoms with Gasteiger partial charge in [-0.1, -0.05) is 268 Å². The SMILES string of the molecule is CC1(C)c2ccccc2-c2cc(N(c3cccc4c(-c5ccccc5)cccc34)c3cccc4c3oc3cccc(B(O)O)c34)ccc21.CC1(C)c2ccccc2-c2cc(N(c3cccc4c(-c5ccccc5)cccc34)c3cccc4c3oc3cccc(Br)c34)ccc21. The zero-order valence-electron chi connectivity index (χ0n) is 52.3. The van der Waals surface area contributed by atoms with Crippen LogP contribution in [0, 0.1) is 0 Å². The molecule has 0 amide bonds. The van der Waals surface area contributed by atoms with Gasteiger partial charge in [0.2, 0.25) is 0 Å². The van der Waals surface area contributed by atoms with Crippen LogP contribution in [0.25, 0.3) is 110 Å². The summed E-state index contributed by atoms with van der Waals surface area (Å²) in [6.07, 6.45) is 0. The Morgan fingerprint density at radius 2 is 0.691 bits per heavy atom. The normalized spacial score (nSPS) is 13.2. The van der Waals surface area contributed by atoms with Crippen LogP contribution in [-0.4, -0.2) is 17.2 Å². The van der Waals surface area contributed by atoms with E-state index < -0.39 is 7.12 Å². The molecule has 18 rings (SSSR count). The third kappa shape index (κ3) is 8.99. The molecule has 14 aromatic carbocycles. The third-order valence-electron chi connectivity index (χ3n) is 19.8. The minimum atomic E-state index is -1.62. The molecule has 0 fully saturated rings. The molecule has 450 valence electrons. The molecule has 94 heavy (non-hydrogen) atoms. The minimum Gasteiger partial charge on any atom is -0.454 e. The van der Waals surface area contributed by atoms with Gasteiger partial charge in [0.25, 0.3) is 0 Å². The predicted octanol–water partition coefficient (Wildman–Crippen LogP) is 22.8. The second-order valence-electron chi connectivity index (χ2n) is 25.8. The van der Waals surface area contributed by atoms with Crippen LogP contribution in [0.1, 0.15) is 49.9 Å². The van der Waals surface area contributed by atoms with Gasteiger partial charge in [-0.3, -0.25) is 0 Å². The molecule has 0 spiro atoms. The van der Waals surface area contributed by atoms with Crippen molar-refractivity contribution in [1.29, 1.82) is 0 Å². The van der Waals surface area contributed by atoms with Crippen LogP contribution in [0.2, 0.25) is 0 Å². The smallest absolute Gasteiger partial charge is 0.454 e. The van der Waals surface area contributed by atoms with Crippen LogP contribution in [0.15, 0.2) is 304 Å². The van der Waals surface area contributed by atoms with Gasteiger partial charge in [0.15, 0.2) is 11.2 Å². The number of hydrogen-bond acceptors (Lipinski definition) is 6. The average Bonchev–Trinajstić information content (AvgIpc) is 1.55. The van der Waals surface area contributed by atoms with Crippen molar-refractivity contribution in [3.63, 3.8) is 0 Å². The summed E-state index contributed by atoms with van der Waals surface area (Å²) in [5.74, 6) is 0. The lowest BCUT2D eigenvalue weighted by Crippen LogP contribution is -2.30. The van der Waals surface area contributed by atoms with Gasteiger partial charge in [-0.15, -0.1) is 0 Å². The zero-order valence-corrected chi connectivity index (χ0v) is 53.9. The van der Waals surface area contributed by atoms with Crippen LogP contribution in [0.5, 0.6) is 0 Å². The highest BCUT2D eigenvalue weighted by molar-refractivity contribution is 9.10. The average molecular weight is 1280 g/mol. The number of rotatable bonds is 9. The highest BCUT2D eigenvalue weighted by atomic mass is 79.9. The number of halogens is 1. The van der Waals surface area contributed by atoms with Gasteiger partial charge in [0.1, 0.15) is 11.2 Å². The second kappa shape index (κ2) is 22.2. The number of fused-ring (bicyclic) bond motifs is 14. The van der Waals surface area contributed by atoms with Gasteiger partial charge in [-0.05, 0) is 150 Å². The second-order valence-corrected chi connectivity index (χ2v) is 26.6. The van der Waals surface area contributed by atoms with Crippen LogP contribution >= 0.6 is 15.9 Å². The molecular formula is C86H62BBrN2O4. The summed E-state index contributed by atoms with van der Waals surface area (Å²) in [6, 6.07) is 103. The summed E-state index contributed by atoms with van der Waals surface area (Å²) in [5.41, 5.74) is 24.5. The van der Waals surface area contributed by atoms with E-state index in [0.29, 0.717) is 22.0 Å². The zero-order chi connectivity index (χ0) is 63.6. The van der Waals surface area contributed by atoms with Crippen molar-refractivity contribution in [2.24, 2.45) is 0 Å². The van der Waals surface area contributed by atoms with Crippen LogP contribution in [-0.2, 0) is 10.8 Å². The lowest BCUT2D eigenvalue weighted by Gasteiger charge is -2.28. The van der Waals surface area contributed by atoms with E-state index in [1.54, 1.807) is 12.1 Å². The summed E-state index contributed by atoms with van der Waals surface area (Å²) in [7, 11) is -1.62. The van der Waals surface area contributed by atoms with Crippen LogP contribution in [0.4, 0.5) is 34.1 Å². The Hall–Kier alpha value is -10.7. The Kier molecular flexibility index (Phi) is 13.5. The molecule has 16 aromatic rings. The first-order valence-corrected chi connectivity index (χ1v) is 32.8. The minimum absolute atomic E-state index is 0.0651. The maximum absolute atomic E-state index is 10.3. The molecule has 0 unspecified atom stereocenters. The van der Waals surface area contributed by atoms with E-state index in [4.69, 9.17) is 8.83 Å². The fourth-order valence-corrected chi connectivity index (χ4v) is 16.0. The number of hydrogen-bond donors (Lipinski definition) is 2.